The zero-order valence-electron chi connectivity index (χ0n) is 35.4. The van der Waals surface area contributed by atoms with Gasteiger partial charge in [-0.25, -0.2) is 0 Å². The normalized spacial score (nSPS) is 12.0. The lowest BCUT2D eigenvalue weighted by Crippen LogP contribution is -2.32. The molecule has 0 spiro atoms. The molecule has 0 aliphatic rings. The Balaban J connectivity index is 4.31. The highest BCUT2D eigenvalue weighted by Gasteiger charge is 2.12. The number of rotatable bonds is 45. The molecule has 6 nitrogen and oxygen atoms in total. The standard InChI is InChI=1S/C45H94N2O4/c1-5-9-13-17-21-31-39-48-44(49-40-32-22-18-14-10-6-2)35-27-25-29-37-47(43-46)38-30-26-28-36-45(50-41-33-23-19-15-11-7-3)51-42-34-24-20-16-12-8-4/h44-45H,5-43,46H2,1-4H3. The SMILES string of the molecule is CCCCCCCCOC(CCCCCN(CN)CCCCCC(OCCCCCCCC)OCCCCCCCC)OCCCCCCCC. The molecule has 0 saturated heterocycles. The zero-order chi connectivity index (χ0) is 37.1. The predicted molar refractivity (Wildman–Crippen MR) is 222 cm³/mol. The highest BCUT2D eigenvalue weighted by Crippen LogP contribution is 2.15. The first kappa shape index (κ1) is 50.8. The molecule has 0 fully saturated rings. The molecule has 0 rings (SSSR count). The molecule has 2 N–H and O–H groups in total. The van der Waals surface area contributed by atoms with Gasteiger partial charge >= 0.3 is 0 Å². The van der Waals surface area contributed by atoms with E-state index in [9.17, 15) is 0 Å². The van der Waals surface area contributed by atoms with E-state index in [0.29, 0.717) is 6.67 Å². The van der Waals surface area contributed by atoms with Crippen LogP contribution in [-0.4, -0.2) is 63.7 Å². The van der Waals surface area contributed by atoms with Crippen LogP contribution >= 0.6 is 0 Å². The van der Waals surface area contributed by atoms with Crippen molar-refractivity contribution in [3.05, 3.63) is 0 Å². The maximum absolute atomic E-state index is 6.26. The van der Waals surface area contributed by atoms with Crippen molar-refractivity contribution < 1.29 is 18.9 Å². The van der Waals surface area contributed by atoms with Gasteiger partial charge in [-0.15, -0.1) is 0 Å². The van der Waals surface area contributed by atoms with Gasteiger partial charge in [0, 0.05) is 33.1 Å². The summed E-state index contributed by atoms with van der Waals surface area (Å²) in [6.07, 6.45) is 40.2. The van der Waals surface area contributed by atoms with Crippen molar-refractivity contribution in [1.82, 2.24) is 4.90 Å². The van der Waals surface area contributed by atoms with Crippen molar-refractivity contribution in [2.45, 2.75) is 246 Å². The Kier molecular flexibility index (Phi) is 44.0. The summed E-state index contributed by atoms with van der Waals surface area (Å²) in [6, 6.07) is 0. The van der Waals surface area contributed by atoms with Crippen molar-refractivity contribution >= 4 is 0 Å². The van der Waals surface area contributed by atoms with E-state index in [2.05, 4.69) is 32.6 Å². The lowest BCUT2D eigenvalue weighted by molar-refractivity contribution is -0.148. The molecule has 0 bridgehead atoms. The van der Waals surface area contributed by atoms with Gasteiger partial charge in [0.2, 0.25) is 0 Å². The Hall–Kier alpha value is -0.240. The molecule has 0 atom stereocenters. The summed E-state index contributed by atoms with van der Waals surface area (Å²) in [5, 5.41) is 0. The van der Waals surface area contributed by atoms with Crippen molar-refractivity contribution in [3.63, 3.8) is 0 Å². The van der Waals surface area contributed by atoms with Crippen LogP contribution in [-0.2, 0) is 18.9 Å². The number of nitrogens with two attached hydrogens (primary N) is 1. The van der Waals surface area contributed by atoms with Gasteiger partial charge in [0.25, 0.3) is 0 Å². The highest BCUT2D eigenvalue weighted by molar-refractivity contribution is 4.59. The van der Waals surface area contributed by atoms with Crippen LogP contribution in [0.25, 0.3) is 0 Å². The quantitative estimate of drug-likeness (QED) is 0.0498. The Morgan fingerprint density at radius 2 is 0.588 bits per heavy atom. The van der Waals surface area contributed by atoms with Gasteiger partial charge in [-0.2, -0.15) is 0 Å². The van der Waals surface area contributed by atoms with E-state index in [1.54, 1.807) is 0 Å². The molecule has 0 aromatic rings. The summed E-state index contributed by atoms with van der Waals surface area (Å²) in [5.41, 5.74) is 6.17. The van der Waals surface area contributed by atoms with Gasteiger partial charge < -0.3 is 24.7 Å². The summed E-state index contributed by atoms with van der Waals surface area (Å²) in [6.45, 7) is 15.3. The summed E-state index contributed by atoms with van der Waals surface area (Å²) in [5.74, 6) is 0. The average molecular weight is 727 g/mol. The summed E-state index contributed by atoms with van der Waals surface area (Å²) in [4.78, 5) is 2.43. The van der Waals surface area contributed by atoms with Gasteiger partial charge in [0.15, 0.2) is 12.6 Å². The Morgan fingerprint density at radius 3 is 0.863 bits per heavy atom. The molecule has 0 aliphatic heterocycles. The molecule has 0 heterocycles. The summed E-state index contributed by atoms with van der Waals surface area (Å²) < 4.78 is 25.0. The van der Waals surface area contributed by atoms with Crippen molar-refractivity contribution in [2.75, 3.05) is 46.2 Å². The molecule has 0 aliphatic carbocycles. The zero-order valence-corrected chi connectivity index (χ0v) is 35.4. The Morgan fingerprint density at radius 1 is 0.333 bits per heavy atom. The van der Waals surface area contributed by atoms with E-state index in [-0.39, 0.29) is 12.6 Å². The fraction of sp³-hybridized carbons (Fsp3) is 1.00. The minimum absolute atomic E-state index is 0.0322. The van der Waals surface area contributed by atoms with Crippen LogP contribution in [0.2, 0.25) is 0 Å². The highest BCUT2D eigenvalue weighted by atomic mass is 16.7. The molecule has 308 valence electrons. The maximum Gasteiger partial charge on any atom is 0.157 e. The van der Waals surface area contributed by atoms with Crippen molar-refractivity contribution in [3.8, 4) is 0 Å². The van der Waals surface area contributed by atoms with E-state index in [0.717, 1.165) is 90.9 Å². The lowest BCUT2D eigenvalue weighted by Gasteiger charge is -2.22. The van der Waals surface area contributed by atoms with Gasteiger partial charge in [0.05, 0.1) is 0 Å². The van der Waals surface area contributed by atoms with Crippen LogP contribution in [0, 0.1) is 0 Å². The van der Waals surface area contributed by atoms with Gasteiger partial charge in [-0.05, 0) is 77.3 Å². The first-order chi connectivity index (χ1) is 25.2. The van der Waals surface area contributed by atoms with Gasteiger partial charge in [0.1, 0.15) is 0 Å². The van der Waals surface area contributed by atoms with Crippen LogP contribution in [0.4, 0.5) is 0 Å². The summed E-state index contributed by atoms with van der Waals surface area (Å²) in [7, 11) is 0. The minimum Gasteiger partial charge on any atom is -0.353 e. The van der Waals surface area contributed by atoms with Crippen molar-refractivity contribution in [2.24, 2.45) is 5.73 Å². The van der Waals surface area contributed by atoms with Crippen LogP contribution in [0.3, 0.4) is 0 Å². The molecule has 6 heteroatoms. The lowest BCUT2D eigenvalue weighted by atomic mass is 10.1. The molecule has 0 aromatic carbocycles. The van der Waals surface area contributed by atoms with Crippen LogP contribution in [0.5, 0.6) is 0 Å². The second-order valence-electron chi connectivity index (χ2n) is 15.4. The van der Waals surface area contributed by atoms with Crippen LogP contribution in [0.1, 0.15) is 233 Å². The second-order valence-corrected chi connectivity index (χ2v) is 15.4. The Labute approximate surface area is 320 Å². The van der Waals surface area contributed by atoms with Crippen LogP contribution < -0.4 is 5.73 Å². The second kappa shape index (κ2) is 44.2. The first-order valence-electron chi connectivity index (χ1n) is 23.1. The number of unbranched alkanes of at least 4 members (excludes halogenated alkanes) is 24. The predicted octanol–water partition coefficient (Wildman–Crippen LogP) is 13.5. The third kappa shape index (κ3) is 39.3. The van der Waals surface area contributed by atoms with Crippen LogP contribution in [0.15, 0.2) is 0 Å². The van der Waals surface area contributed by atoms with E-state index in [1.165, 1.54) is 154 Å². The number of hydrogen-bond acceptors (Lipinski definition) is 6. The third-order valence-electron chi connectivity index (χ3n) is 10.3. The van der Waals surface area contributed by atoms with Gasteiger partial charge in [-0.3, -0.25) is 4.90 Å². The molecule has 0 amide bonds. The number of ether oxygens (including phenoxy) is 4. The molecule has 0 radical (unpaired) electrons. The van der Waals surface area contributed by atoms with Crippen molar-refractivity contribution in [1.29, 1.82) is 0 Å². The molecule has 0 aromatic heterocycles. The summed E-state index contributed by atoms with van der Waals surface area (Å²) >= 11 is 0. The third-order valence-corrected chi connectivity index (χ3v) is 10.3. The molecule has 0 saturated carbocycles. The molecular formula is C45H94N2O4. The van der Waals surface area contributed by atoms with E-state index in [4.69, 9.17) is 24.7 Å². The molecule has 0 unspecified atom stereocenters. The fourth-order valence-electron chi connectivity index (χ4n) is 6.76. The smallest absolute Gasteiger partial charge is 0.157 e. The molecular weight excluding hydrogens is 633 g/mol. The van der Waals surface area contributed by atoms with E-state index in [1.807, 2.05) is 0 Å². The van der Waals surface area contributed by atoms with E-state index >= 15 is 0 Å². The maximum atomic E-state index is 6.26. The van der Waals surface area contributed by atoms with E-state index < -0.39 is 0 Å². The number of nitrogens with zero attached hydrogens (tertiary/aromatic N) is 1. The average Bonchev–Trinajstić information content (AvgIpc) is 3.14. The first-order valence-corrected chi connectivity index (χ1v) is 23.1. The fourth-order valence-corrected chi connectivity index (χ4v) is 6.76. The van der Waals surface area contributed by atoms with Gasteiger partial charge in [-0.1, -0.05) is 169 Å². The molecule has 51 heavy (non-hydrogen) atoms. The monoisotopic (exact) mass is 727 g/mol. The topological polar surface area (TPSA) is 66.2 Å². The minimum atomic E-state index is -0.0322. The largest absolute Gasteiger partial charge is 0.353 e. The Bertz CT molecular complexity index is 539. The number of hydrogen-bond donors (Lipinski definition) is 1.